The average molecular weight is 282 g/mol. The lowest BCUT2D eigenvalue weighted by molar-refractivity contribution is -0.117. The Hall–Kier alpha value is -2.14. The van der Waals surface area contributed by atoms with Gasteiger partial charge < -0.3 is 15.2 Å². The molecular weight excluding hydrogens is 264 g/mol. The second kappa shape index (κ2) is 4.70. The molecule has 21 heavy (non-hydrogen) atoms. The van der Waals surface area contributed by atoms with Crippen molar-refractivity contribution in [3.8, 4) is 5.69 Å². The van der Waals surface area contributed by atoms with Crippen LogP contribution in [-0.2, 0) is 17.6 Å². The summed E-state index contributed by atoms with van der Waals surface area (Å²) in [6.07, 6.45) is 6.52. The number of likely N-dealkylation sites (N-methyl/N-ethyl adjacent to an activating group) is 1. The first-order valence-corrected chi connectivity index (χ1v) is 7.45. The summed E-state index contributed by atoms with van der Waals surface area (Å²) in [5, 5.41) is 5.99. The Kier molecular flexibility index (Phi) is 2.82. The number of hydrogen-bond donors (Lipinski definition) is 2. The molecule has 0 radical (unpaired) electrons. The van der Waals surface area contributed by atoms with E-state index in [-0.39, 0.29) is 11.9 Å². The minimum absolute atomic E-state index is 0.0114. The van der Waals surface area contributed by atoms with Gasteiger partial charge in [-0.2, -0.15) is 0 Å². The number of amides is 1. The van der Waals surface area contributed by atoms with Crippen LogP contribution < -0.4 is 10.6 Å². The Morgan fingerprint density at radius 3 is 3.05 bits per heavy atom. The van der Waals surface area contributed by atoms with Crippen molar-refractivity contribution in [3.05, 3.63) is 41.5 Å². The Morgan fingerprint density at radius 2 is 2.19 bits per heavy atom. The third-order valence-electron chi connectivity index (χ3n) is 4.46. The van der Waals surface area contributed by atoms with Crippen LogP contribution in [0.4, 0.5) is 5.69 Å². The molecule has 0 saturated carbocycles. The molecule has 2 aliphatic rings. The van der Waals surface area contributed by atoms with Crippen LogP contribution in [0.5, 0.6) is 0 Å². The molecule has 4 rings (SSSR count). The highest BCUT2D eigenvalue weighted by Crippen LogP contribution is 2.33. The highest BCUT2D eigenvalue weighted by atomic mass is 16.2. The maximum Gasteiger partial charge on any atom is 0.246 e. The molecule has 0 saturated heterocycles. The summed E-state index contributed by atoms with van der Waals surface area (Å²) in [7, 11) is 1.81. The van der Waals surface area contributed by atoms with E-state index in [1.54, 1.807) is 7.05 Å². The lowest BCUT2D eigenvalue weighted by Crippen LogP contribution is -2.23. The molecule has 0 bridgehead atoms. The lowest BCUT2D eigenvalue weighted by Gasteiger charge is -2.15. The number of fused-ring (bicyclic) bond motifs is 2. The van der Waals surface area contributed by atoms with Crippen LogP contribution in [-0.4, -0.2) is 22.5 Å². The monoisotopic (exact) mass is 282 g/mol. The average Bonchev–Trinajstić information content (AvgIpc) is 3.06. The maximum atomic E-state index is 11.9. The van der Waals surface area contributed by atoms with Gasteiger partial charge in [-0.1, -0.05) is 6.07 Å². The van der Waals surface area contributed by atoms with Gasteiger partial charge >= 0.3 is 0 Å². The number of imidazole rings is 1. The van der Waals surface area contributed by atoms with E-state index in [2.05, 4.69) is 26.3 Å². The third kappa shape index (κ3) is 1.88. The van der Waals surface area contributed by atoms with Crippen LogP contribution in [0, 0.1) is 0 Å². The lowest BCUT2D eigenvalue weighted by atomic mass is 10.0. The molecule has 1 aromatic carbocycles. The molecule has 5 heteroatoms. The van der Waals surface area contributed by atoms with Crippen molar-refractivity contribution in [2.24, 2.45) is 0 Å². The fourth-order valence-electron chi connectivity index (χ4n) is 3.38. The molecule has 108 valence electrons. The second-order valence-corrected chi connectivity index (χ2v) is 5.70. The van der Waals surface area contributed by atoms with Crippen LogP contribution in [0.2, 0.25) is 0 Å². The van der Waals surface area contributed by atoms with E-state index < -0.39 is 0 Å². The Morgan fingerprint density at radius 1 is 1.33 bits per heavy atom. The summed E-state index contributed by atoms with van der Waals surface area (Å²) in [6.45, 7) is 0. The first-order chi connectivity index (χ1) is 10.3. The molecule has 2 N–H and O–H groups in total. The van der Waals surface area contributed by atoms with E-state index in [9.17, 15) is 4.79 Å². The molecule has 0 spiro atoms. The zero-order chi connectivity index (χ0) is 14.4. The standard InChI is InChI=1S/C16H18N4O/c1-17-15-11-7-6-10(8-13(11)19-16(15)21)20-9-18-12-4-2-3-5-14(12)20/h6-9,15,17H,2-5H2,1H3,(H,19,21). The van der Waals surface area contributed by atoms with Gasteiger partial charge in [-0.15, -0.1) is 0 Å². The first kappa shape index (κ1) is 12.6. The van der Waals surface area contributed by atoms with Gasteiger partial charge in [0.05, 0.1) is 12.0 Å². The number of benzene rings is 1. The fourth-order valence-corrected chi connectivity index (χ4v) is 3.38. The largest absolute Gasteiger partial charge is 0.324 e. The predicted octanol–water partition coefficient (Wildman–Crippen LogP) is 1.96. The van der Waals surface area contributed by atoms with Crippen LogP contribution in [0.25, 0.3) is 5.69 Å². The normalized spacial score (nSPS) is 20.0. The summed E-state index contributed by atoms with van der Waals surface area (Å²) >= 11 is 0. The van der Waals surface area contributed by atoms with Crippen molar-refractivity contribution in [1.82, 2.24) is 14.9 Å². The summed E-state index contributed by atoms with van der Waals surface area (Å²) in [4.78, 5) is 16.4. The summed E-state index contributed by atoms with van der Waals surface area (Å²) in [5.74, 6) is 0.0114. The second-order valence-electron chi connectivity index (χ2n) is 5.70. The quantitative estimate of drug-likeness (QED) is 0.885. The van der Waals surface area contributed by atoms with Crippen molar-refractivity contribution in [2.45, 2.75) is 31.7 Å². The van der Waals surface area contributed by atoms with E-state index in [0.717, 1.165) is 29.8 Å². The topological polar surface area (TPSA) is 59.0 Å². The molecule has 0 fully saturated rings. The zero-order valence-corrected chi connectivity index (χ0v) is 12.0. The summed E-state index contributed by atoms with van der Waals surface area (Å²) < 4.78 is 2.16. The first-order valence-electron chi connectivity index (χ1n) is 7.45. The van der Waals surface area contributed by atoms with Crippen molar-refractivity contribution in [2.75, 3.05) is 12.4 Å². The fraction of sp³-hybridized carbons (Fsp3) is 0.375. The molecule has 2 heterocycles. The minimum atomic E-state index is -0.245. The van der Waals surface area contributed by atoms with Gasteiger partial charge in [0.2, 0.25) is 5.91 Å². The number of carbonyl (C=O) groups is 1. The Bertz CT molecular complexity index is 719. The highest BCUT2D eigenvalue weighted by molar-refractivity contribution is 6.02. The minimum Gasteiger partial charge on any atom is -0.324 e. The molecule has 1 unspecified atom stereocenters. The maximum absolute atomic E-state index is 11.9. The highest BCUT2D eigenvalue weighted by Gasteiger charge is 2.29. The van der Waals surface area contributed by atoms with E-state index in [4.69, 9.17) is 0 Å². The molecule has 1 aliphatic heterocycles. The van der Waals surface area contributed by atoms with Gasteiger partial charge in [0.15, 0.2) is 0 Å². The van der Waals surface area contributed by atoms with E-state index in [1.807, 2.05) is 18.5 Å². The molecule has 1 atom stereocenters. The SMILES string of the molecule is CNC1C(=O)Nc2cc(-n3cnc4c3CCCC4)ccc21. The number of nitrogens with one attached hydrogen (secondary N) is 2. The van der Waals surface area contributed by atoms with Gasteiger partial charge in [0.1, 0.15) is 6.04 Å². The van der Waals surface area contributed by atoms with Crippen LogP contribution in [0.15, 0.2) is 24.5 Å². The number of aryl methyl sites for hydroxylation is 1. The Balaban J connectivity index is 1.77. The van der Waals surface area contributed by atoms with Crippen molar-refractivity contribution in [3.63, 3.8) is 0 Å². The van der Waals surface area contributed by atoms with Crippen molar-refractivity contribution < 1.29 is 4.79 Å². The Labute approximate surface area is 123 Å². The van der Waals surface area contributed by atoms with E-state index >= 15 is 0 Å². The number of carbonyl (C=O) groups excluding carboxylic acids is 1. The van der Waals surface area contributed by atoms with Gasteiger partial charge in [-0.25, -0.2) is 4.98 Å². The third-order valence-corrected chi connectivity index (χ3v) is 4.46. The predicted molar refractivity (Wildman–Crippen MR) is 80.6 cm³/mol. The van der Waals surface area contributed by atoms with Gasteiger partial charge in [0, 0.05) is 22.6 Å². The molecule has 5 nitrogen and oxygen atoms in total. The summed E-state index contributed by atoms with van der Waals surface area (Å²) in [6, 6.07) is 5.89. The number of anilines is 1. The number of rotatable bonds is 2. The van der Waals surface area contributed by atoms with E-state index in [1.165, 1.54) is 24.2 Å². The smallest absolute Gasteiger partial charge is 0.246 e. The molecule has 1 aliphatic carbocycles. The van der Waals surface area contributed by atoms with Crippen LogP contribution in [0.1, 0.15) is 35.8 Å². The number of hydrogen-bond acceptors (Lipinski definition) is 3. The van der Waals surface area contributed by atoms with Crippen LogP contribution in [0.3, 0.4) is 0 Å². The summed E-state index contributed by atoms with van der Waals surface area (Å²) in [5.41, 5.74) is 5.52. The van der Waals surface area contributed by atoms with Gasteiger partial charge in [0.25, 0.3) is 0 Å². The van der Waals surface area contributed by atoms with Crippen molar-refractivity contribution in [1.29, 1.82) is 0 Å². The number of nitrogens with zero attached hydrogens (tertiary/aromatic N) is 2. The van der Waals surface area contributed by atoms with Gasteiger partial charge in [-0.05, 0) is 44.9 Å². The zero-order valence-electron chi connectivity index (χ0n) is 12.0. The molecule has 1 amide bonds. The molecule has 1 aromatic heterocycles. The molecular formula is C16H18N4O. The van der Waals surface area contributed by atoms with Crippen molar-refractivity contribution >= 4 is 11.6 Å². The van der Waals surface area contributed by atoms with E-state index in [0.29, 0.717) is 0 Å². The van der Waals surface area contributed by atoms with Gasteiger partial charge in [-0.3, -0.25) is 4.79 Å². The van der Waals surface area contributed by atoms with Crippen LogP contribution >= 0.6 is 0 Å². The molecule has 2 aromatic rings. The number of aromatic nitrogens is 2.